The Morgan fingerprint density at radius 2 is 1.89 bits per heavy atom. The summed E-state index contributed by atoms with van der Waals surface area (Å²) in [6.45, 7) is 8.63. The summed E-state index contributed by atoms with van der Waals surface area (Å²) in [5.41, 5.74) is 3.43. The molecule has 2 aromatic carbocycles. The first-order valence-electron chi connectivity index (χ1n) is 12.2. The molecule has 0 saturated carbocycles. The molecule has 0 unspecified atom stereocenters. The fraction of sp³-hybridized carbons (Fsp3) is 0.296. The zero-order valence-electron chi connectivity index (χ0n) is 21.6. The maximum Gasteiger partial charge on any atom is 0.251 e. The summed E-state index contributed by atoms with van der Waals surface area (Å²) >= 11 is 6.13. The molecule has 0 spiro atoms. The summed E-state index contributed by atoms with van der Waals surface area (Å²) in [6.07, 6.45) is 0. The Kier molecular flexibility index (Phi) is 9.35. The highest BCUT2D eigenvalue weighted by atomic mass is 79.9. The van der Waals surface area contributed by atoms with Crippen LogP contribution in [0.2, 0.25) is 0 Å². The maximum absolute atomic E-state index is 13.0. The van der Waals surface area contributed by atoms with Crippen LogP contribution < -0.4 is 10.6 Å². The van der Waals surface area contributed by atoms with Gasteiger partial charge in [-0.15, -0.1) is 21.5 Å². The van der Waals surface area contributed by atoms with Gasteiger partial charge in [-0.05, 0) is 44.0 Å². The van der Waals surface area contributed by atoms with Crippen LogP contribution in [0, 0.1) is 12.8 Å². The first-order valence-corrected chi connectivity index (χ1v) is 14.9. The number of amides is 2. The number of benzene rings is 2. The van der Waals surface area contributed by atoms with Crippen LogP contribution in [-0.4, -0.2) is 37.3 Å². The van der Waals surface area contributed by atoms with Gasteiger partial charge in [0, 0.05) is 27.5 Å². The van der Waals surface area contributed by atoms with Crippen molar-refractivity contribution in [2.24, 2.45) is 5.92 Å². The van der Waals surface area contributed by atoms with Crippen molar-refractivity contribution in [3.63, 3.8) is 0 Å². The van der Waals surface area contributed by atoms with Crippen LogP contribution in [0.5, 0.6) is 0 Å². The lowest BCUT2D eigenvalue weighted by Crippen LogP contribution is -2.33. The average molecular weight is 614 g/mol. The summed E-state index contributed by atoms with van der Waals surface area (Å²) < 4.78 is 2.95. The van der Waals surface area contributed by atoms with E-state index in [2.05, 4.69) is 41.7 Å². The highest BCUT2D eigenvalue weighted by Crippen LogP contribution is 2.28. The summed E-state index contributed by atoms with van der Waals surface area (Å²) in [5.74, 6) is 0.590. The van der Waals surface area contributed by atoms with Gasteiger partial charge in [0.2, 0.25) is 5.91 Å². The van der Waals surface area contributed by atoms with E-state index in [1.54, 1.807) is 6.07 Å². The molecule has 0 bridgehead atoms. The Bertz CT molecular complexity index is 1420. The number of carbonyl (C=O) groups excluding carboxylic acids is 2. The van der Waals surface area contributed by atoms with E-state index in [9.17, 15) is 9.59 Å². The molecule has 11 heteroatoms. The number of hydrogen-bond acceptors (Lipinski definition) is 7. The number of aryl methyl sites for hydroxylation is 1. The van der Waals surface area contributed by atoms with E-state index >= 15 is 0 Å². The largest absolute Gasteiger partial charge is 0.342 e. The summed E-state index contributed by atoms with van der Waals surface area (Å²) in [5, 5.41) is 17.8. The topological polar surface area (TPSA) is 102 Å². The molecule has 198 valence electrons. The van der Waals surface area contributed by atoms with Crippen LogP contribution in [0.4, 0.5) is 5.13 Å². The molecule has 2 aromatic heterocycles. The molecule has 0 fully saturated rings. The quantitative estimate of drug-likeness (QED) is 0.202. The number of rotatable bonds is 10. The fourth-order valence-electron chi connectivity index (χ4n) is 3.84. The van der Waals surface area contributed by atoms with Gasteiger partial charge in [-0.3, -0.25) is 9.59 Å². The molecule has 0 aliphatic carbocycles. The summed E-state index contributed by atoms with van der Waals surface area (Å²) in [4.78, 5) is 30.2. The molecule has 38 heavy (non-hydrogen) atoms. The zero-order valence-corrected chi connectivity index (χ0v) is 24.8. The molecule has 2 N–H and O–H groups in total. The third-order valence-corrected chi connectivity index (χ3v) is 8.05. The molecule has 0 saturated heterocycles. The Balaban J connectivity index is 1.40. The molecule has 8 nitrogen and oxygen atoms in total. The van der Waals surface area contributed by atoms with Crippen molar-refractivity contribution in [2.45, 2.75) is 45.4 Å². The molecule has 2 heterocycles. The van der Waals surface area contributed by atoms with Crippen molar-refractivity contribution in [1.82, 2.24) is 25.1 Å². The smallest absolute Gasteiger partial charge is 0.251 e. The lowest BCUT2D eigenvalue weighted by molar-refractivity contribution is -0.113. The highest BCUT2D eigenvalue weighted by Gasteiger charge is 2.26. The lowest BCUT2D eigenvalue weighted by atomic mass is 10.0. The van der Waals surface area contributed by atoms with Crippen LogP contribution in [-0.2, 0) is 11.3 Å². The van der Waals surface area contributed by atoms with E-state index < -0.39 is 0 Å². The van der Waals surface area contributed by atoms with Gasteiger partial charge >= 0.3 is 0 Å². The third-order valence-electron chi connectivity index (χ3n) is 5.80. The number of halogens is 1. The van der Waals surface area contributed by atoms with Gasteiger partial charge < -0.3 is 15.2 Å². The second-order valence-electron chi connectivity index (χ2n) is 9.03. The number of carbonyl (C=O) groups is 2. The molecule has 4 rings (SSSR count). The van der Waals surface area contributed by atoms with E-state index in [0.29, 0.717) is 28.2 Å². The number of nitrogens with zero attached hydrogens (tertiary/aromatic N) is 4. The Morgan fingerprint density at radius 1 is 1.13 bits per heavy atom. The zero-order chi connectivity index (χ0) is 27.2. The van der Waals surface area contributed by atoms with Gasteiger partial charge in [0.1, 0.15) is 0 Å². The number of nitrogens with one attached hydrogen (secondary N) is 2. The minimum atomic E-state index is -0.328. The SMILES string of the molecule is CCn1c(SCC(=O)Nc2nc(-c3ccc(Br)cc3)cs2)nnc1[C@H](NC(=O)c1cccc(C)c1)C(C)C. The average Bonchev–Trinajstić information content (AvgIpc) is 3.53. The van der Waals surface area contributed by atoms with Gasteiger partial charge in [0.25, 0.3) is 5.91 Å². The summed E-state index contributed by atoms with van der Waals surface area (Å²) in [7, 11) is 0. The van der Waals surface area contributed by atoms with Gasteiger partial charge in [0.05, 0.1) is 17.5 Å². The Morgan fingerprint density at radius 3 is 2.58 bits per heavy atom. The first kappa shape index (κ1) is 28.0. The maximum atomic E-state index is 13.0. The standard InChI is InChI=1S/C27H29BrN6O2S2/c1-5-34-24(23(16(2)3)31-25(36)19-8-6-7-17(4)13-19)32-33-27(34)38-15-22(35)30-26-29-21(14-37-26)18-9-11-20(28)12-10-18/h6-14,16,23H,5,15H2,1-4H3,(H,31,36)(H,29,30,35)/t23-/m1/s1. The molecule has 4 aromatic rings. The number of thiazole rings is 1. The molecular weight excluding hydrogens is 584 g/mol. The van der Waals surface area contributed by atoms with Gasteiger partial charge in [0.15, 0.2) is 16.1 Å². The van der Waals surface area contributed by atoms with E-state index in [0.717, 1.165) is 21.3 Å². The van der Waals surface area contributed by atoms with E-state index in [1.165, 1.54) is 23.1 Å². The molecule has 1 atom stereocenters. The minimum Gasteiger partial charge on any atom is -0.342 e. The van der Waals surface area contributed by atoms with Crippen molar-refractivity contribution in [3.05, 3.63) is 75.3 Å². The number of thioether (sulfide) groups is 1. The second-order valence-corrected chi connectivity index (χ2v) is 11.7. The first-order chi connectivity index (χ1) is 18.2. The van der Waals surface area contributed by atoms with Crippen LogP contribution in [0.15, 0.2) is 63.5 Å². The van der Waals surface area contributed by atoms with Crippen LogP contribution in [0.25, 0.3) is 11.3 Å². The van der Waals surface area contributed by atoms with Crippen molar-refractivity contribution < 1.29 is 9.59 Å². The van der Waals surface area contributed by atoms with Crippen molar-refractivity contribution >= 4 is 56.0 Å². The highest BCUT2D eigenvalue weighted by molar-refractivity contribution is 9.10. The fourth-order valence-corrected chi connectivity index (χ4v) is 5.65. The van der Waals surface area contributed by atoms with Gasteiger partial charge in [-0.25, -0.2) is 4.98 Å². The third kappa shape index (κ3) is 6.89. The predicted molar refractivity (Wildman–Crippen MR) is 157 cm³/mol. The number of hydrogen-bond donors (Lipinski definition) is 2. The molecule has 0 aliphatic heterocycles. The predicted octanol–water partition coefficient (Wildman–Crippen LogP) is 6.35. The van der Waals surface area contributed by atoms with Crippen molar-refractivity contribution in [2.75, 3.05) is 11.1 Å². The lowest BCUT2D eigenvalue weighted by Gasteiger charge is -2.22. The van der Waals surface area contributed by atoms with Gasteiger partial charge in [-0.2, -0.15) is 0 Å². The minimum absolute atomic E-state index is 0.0873. The van der Waals surface area contributed by atoms with E-state index in [1.807, 2.05) is 80.1 Å². The van der Waals surface area contributed by atoms with Crippen molar-refractivity contribution in [1.29, 1.82) is 0 Å². The van der Waals surface area contributed by atoms with E-state index in [-0.39, 0.29) is 29.5 Å². The van der Waals surface area contributed by atoms with Crippen LogP contribution in [0.1, 0.15) is 48.6 Å². The number of aromatic nitrogens is 4. The normalized spacial score (nSPS) is 11.9. The molecule has 2 amide bonds. The van der Waals surface area contributed by atoms with Crippen molar-refractivity contribution in [3.8, 4) is 11.3 Å². The molecule has 0 radical (unpaired) electrons. The Labute approximate surface area is 238 Å². The monoisotopic (exact) mass is 612 g/mol. The summed E-state index contributed by atoms with van der Waals surface area (Å²) in [6, 6.07) is 15.0. The number of anilines is 1. The molecular formula is C27H29BrN6O2S2. The van der Waals surface area contributed by atoms with Gasteiger partial charge in [-0.1, -0.05) is 71.4 Å². The van der Waals surface area contributed by atoms with Crippen LogP contribution in [0.3, 0.4) is 0 Å². The van der Waals surface area contributed by atoms with Crippen LogP contribution >= 0.6 is 39.0 Å². The second kappa shape index (κ2) is 12.7. The Hall–Kier alpha value is -3.02. The van der Waals surface area contributed by atoms with E-state index in [4.69, 9.17) is 0 Å². The molecule has 0 aliphatic rings.